The van der Waals surface area contributed by atoms with Crippen LogP contribution < -0.4 is 11.1 Å². The Morgan fingerprint density at radius 3 is 2.69 bits per heavy atom. The van der Waals surface area contributed by atoms with Crippen LogP contribution in [0, 0.1) is 0 Å². The minimum absolute atomic E-state index is 0.0789. The molecular weight excluding hydrogens is 354 g/mol. The molecule has 0 aromatic carbocycles. The Labute approximate surface area is 157 Å². The zero-order chi connectivity index (χ0) is 18.7. The highest BCUT2D eigenvalue weighted by Crippen LogP contribution is 2.25. The number of nitrogens with zero attached hydrogens (tertiary/aromatic N) is 5. The van der Waals surface area contributed by atoms with E-state index < -0.39 is 5.91 Å². The average molecular weight is 378 g/mol. The zero-order valence-corrected chi connectivity index (χ0v) is 15.8. The van der Waals surface area contributed by atoms with Crippen LogP contribution in [0.25, 0.3) is 0 Å². The lowest BCUT2D eigenvalue weighted by atomic mass is 10.1. The van der Waals surface area contributed by atoms with Gasteiger partial charge in [0.1, 0.15) is 0 Å². The molecule has 1 fully saturated rings. The van der Waals surface area contributed by atoms with Crippen molar-refractivity contribution in [3.8, 4) is 0 Å². The van der Waals surface area contributed by atoms with Gasteiger partial charge < -0.3 is 16.0 Å². The molecule has 2 aromatic rings. The Morgan fingerprint density at radius 2 is 2.08 bits per heavy atom. The van der Waals surface area contributed by atoms with Crippen LogP contribution in [0.15, 0.2) is 12.4 Å². The summed E-state index contributed by atoms with van der Waals surface area (Å²) in [6, 6.07) is 0.376. The lowest BCUT2D eigenvalue weighted by Gasteiger charge is -2.31. The maximum Gasteiger partial charge on any atom is 0.271 e. The van der Waals surface area contributed by atoms with E-state index in [4.69, 9.17) is 17.3 Å². The number of hydrogen-bond donors (Lipinski definition) is 2. The quantitative estimate of drug-likeness (QED) is 0.801. The summed E-state index contributed by atoms with van der Waals surface area (Å²) in [4.78, 5) is 22.6. The molecule has 0 unspecified atom stereocenters. The van der Waals surface area contributed by atoms with Gasteiger partial charge in [-0.05, 0) is 25.8 Å². The number of nitrogens with one attached hydrogen (secondary N) is 1. The van der Waals surface area contributed by atoms with Crippen molar-refractivity contribution in [2.75, 3.05) is 25.0 Å². The van der Waals surface area contributed by atoms with Crippen molar-refractivity contribution in [1.82, 2.24) is 24.6 Å². The number of rotatable bonds is 6. The molecule has 8 nitrogen and oxygen atoms in total. The van der Waals surface area contributed by atoms with Crippen molar-refractivity contribution in [2.24, 2.45) is 5.73 Å². The van der Waals surface area contributed by atoms with Gasteiger partial charge in [0.2, 0.25) is 0 Å². The first kappa shape index (κ1) is 18.6. The first-order valence-corrected chi connectivity index (χ1v) is 9.29. The lowest BCUT2D eigenvalue weighted by molar-refractivity contribution is 0.0996. The molecule has 3 N–H and O–H groups in total. The van der Waals surface area contributed by atoms with Crippen LogP contribution in [0.3, 0.4) is 0 Å². The Hall–Kier alpha value is -2.19. The lowest BCUT2D eigenvalue weighted by Crippen LogP contribution is -2.34. The Morgan fingerprint density at radius 1 is 1.35 bits per heavy atom. The molecule has 3 rings (SSSR count). The predicted molar refractivity (Wildman–Crippen MR) is 101 cm³/mol. The van der Waals surface area contributed by atoms with E-state index >= 15 is 0 Å². The minimum Gasteiger partial charge on any atom is -0.364 e. The van der Waals surface area contributed by atoms with Crippen molar-refractivity contribution in [3.05, 3.63) is 28.9 Å². The number of primary amides is 1. The Kier molecular flexibility index (Phi) is 5.73. The van der Waals surface area contributed by atoms with E-state index in [2.05, 4.69) is 32.2 Å². The maximum atomic E-state index is 11.7. The molecule has 0 atom stereocenters. The van der Waals surface area contributed by atoms with Crippen LogP contribution in [0.4, 0.5) is 11.5 Å². The number of anilines is 2. The fourth-order valence-electron chi connectivity index (χ4n) is 3.17. The van der Waals surface area contributed by atoms with Gasteiger partial charge in [0, 0.05) is 19.3 Å². The van der Waals surface area contributed by atoms with Gasteiger partial charge in [-0.25, -0.2) is 9.97 Å². The number of carbonyl (C=O) groups is 1. The van der Waals surface area contributed by atoms with Crippen molar-refractivity contribution in [3.63, 3.8) is 0 Å². The summed E-state index contributed by atoms with van der Waals surface area (Å²) in [7, 11) is 0. The highest BCUT2D eigenvalue weighted by Gasteiger charge is 2.21. The maximum absolute atomic E-state index is 11.7. The summed E-state index contributed by atoms with van der Waals surface area (Å²) >= 11 is 6.14. The first-order chi connectivity index (χ1) is 12.5. The number of aryl methyl sites for hydroxylation is 1. The number of halogens is 1. The van der Waals surface area contributed by atoms with Gasteiger partial charge in [-0.15, -0.1) is 0 Å². The molecule has 2 aromatic heterocycles. The normalized spacial score (nSPS) is 16.0. The molecular formula is C17H24ClN7O. The second-order valence-electron chi connectivity index (χ2n) is 6.38. The molecule has 9 heteroatoms. The topological polar surface area (TPSA) is 102 Å². The van der Waals surface area contributed by atoms with Crippen LogP contribution in [0.2, 0.25) is 5.15 Å². The molecule has 1 amide bonds. The number of amides is 1. The van der Waals surface area contributed by atoms with Gasteiger partial charge in [-0.2, -0.15) is 5.10 Å². The van der Waals surface area contributed by atoms with Crippen LogP contribution in [0.1, 0.15) is 48.9 Å². The number of nitrogens with two attached hydrogens (primary N) is 1. The van der Waals surface area contributed by atoms with E-state index in [0.717, 1.165) is 38.2 Å². The number of carbonyl (C=O) groups excluding carboxylic acids is 1. The summed E-state index contributed by atoms with van der Waals surface area (Å²) in [6.07, 6.45) is 6.33. The summed E-state index contributed by atoms with van der Waals surface area (Å²) in [6.45, 7) is 7.32. The van der Waals surface area contributed by atoms with E-state index in [0.29, 0.717) is 18.2 Å². The van der Waals surface area contributed by atoms with Crippen LogP contribution in [-0.4, -0.2) is 50.2 Å². The van der Waals surface area contributed by atoms with Crippen molar-refractivity contribution >= 4 is 29.0 Å². The van der Waals surface area contributed by atoms with E-state index in [9.17, 15) is 4.79 Å². The molecule has 0 radical (unpaired) electrons. The summed E-state index contributed by atoms with van der Waals surface area (Å²) in [5.74, 6) is -0.397. The standard InChI is InChI=1S/C17H24ClN7O/c1-3-13-15(18)23-17(14(22-13)16(19)26)21-11-9-20-25(10-11)12-5-7-24(4-2)8-6-12/h9-10,12H,3-8H2,1-2H3,(H2,19,26)(H,21,23). The van der Waals surface area contributed by atoms with Crippen LogP contribution >= 0.6 is 11.6 Å². The zero-order valence-electron chi connectivity index (χ0n) is 15.1. The molecule has 0 saturated carbocycles. The average Bonchev–Trinajstić information content (AvgIpc) is 3.10. The van der Waals surface area contributed by atoms with E-state index in [1.807, 2.05) is 17.8 Å². The van der Waals surface area contributed by atoms with Gasteiger partial charge in [0.25, 0.3) is 5.91 Å². The predicted octanol–water partition coefficient (Wildman–Crippen LogP) is 2.39. The number of likely N-dealkylation sites (tertiary alicyclic amines) is 1. The Bertz CT molecular complexity index is 783. The number of hydrogen-bond acceptors (Lipinski definition) is 6. The second kappa shape index (κ2) is 8.01. The second-order valence-corrected chi connectivity index (χ2v) is 6.73. The van der Waals surface area contributed by atoms with Gasteiger partial charge in [-0.1, -0.05) is 25.4 Å². The van der Waals surface area contributed by atoms with Crippen molar-refractivity contribution < 1.29 is 4.79 Å². The molecule has 0 bridgehead atoms. The van der Waals surface area contributed by atoms with Gasteiger partial charge >= 0.3 is 0 Å². The fourth-order valence-corrected chi connectivity index (χ4v) is 3.43. The third-order valence-electron chi connectivity index (χ3n) is 4.73. The number of aromatic nitrogens is 4. The SMILES string of the molecule is CCc1nc(C(N)=O)c(Nc2cnn(C3CCN(CC)CC3)c2)nc1Cl. The first-order valence-electron chi connectivity index (χ1n) is 8.91. The smallest absolute Gasteiger partial charge is 0.271 e. The van der Waals surface area contributed by atoms with Crippen molar-refractivity contribution in [2.45, 2.75) is 39.2 Å². The highest BCUT2D eigenvalue weighted by molar-refractivity contribution is 6.30. The van der Waals surface area contributed by atoms with Crippen LogP contribution in [-0.2, 0) is 6.42 Å². The third kappa shape index (κ3) is 3.96. The molecule has 1 saturated heterocycles. The van der Waals surface area contributed by atoms with E-state index in [-0.39, 0.29) is 16.7 Å². The molecule has 0 spiro atoms. The fraction of sp³-hybridized carbons (Fsp3) is 0.529. The van der Waals surface area contributed by atoms with Crippen LogP contribution in [0.5, 0.6) is 0 Å². The Balaban J connectivity index is 1.77. The number of piperidine rings is 1. The molecule has 1 aliphatic rings. The van der Waals surface area contributed by atoms with Gasteiger partial charge in [0.15, 0.2) is 16.7 Å². The largest absolute Gasteiger partial charge is 0.364 e. The van der Waals surface area contributed by atoms with Gasteiger partial charge in [-0.3, -0.25) is 9.48 Å². The molecule has 26 heavy (non-hydrogen) atoms. The monoisotopic (exact) mass is 377 g/mol. The highest BCUT2D eigenvalue weighted by atomic mass is 35.5. The molecule has 1 aliphatic heterocycles. The van der Waals surface area contributed by atoms with E-state index in [1.165, 1.54) is 0 Å². The summed E-state index contributed by atoms with van der Waals surface area (Å²) < 4.78 is 1.97. The molecule has 3 heterocycles. The molecule has 0 aliphatic carbocycles. The summed E-state index contributed by atoms with van der Waals surface area (Å²) in [5, 5.41) is 7.79. The van der Waals surface area contributed by atoms with Crippen molar-refractivity contribution in [1.29, 1.82) is 0 Å². The van der Waals surface area contributed by atoms with Gasteiger partial charge in [0.05, 0.1) is 23.6 Å². The third-order valence-corrected chi connectivity index (χ3v) is 5.03. The molecule has 140 valence electrons. The summed E-state index contributed by atoms with van der Waals surface area (Å²) in [5.41, 5.74) is 6.79. The minimum atomic E-state index is -0.648. The van der Waals surface area contributed by atoms with E-state index in [1.54, 1.807) is 6.20 Å².